The first-order chi connectivity index (χ1) is 14.8. The first-order valence-corrected chi connectivity index (χ1v) is 10.5. The molecule has 1 aliphatic rings. The predicted octanol–water partition coefficient (Wildman–Crippen LogP) is 6.05. The Bertz CT molecular complexity index is 1010. The molecule has 0 fully saturated rings. The Morgan fingerprint density at radius 3 is 2.48 bits per heavy atom. The van der Waals surface area contributed by atoms with Crippen molar-refractivity contribution in [1.82, 2.24) is 0 Å². The molecule has 1 heterocycles. The van der Waals surface area contributed by atoms with Crippen LogP contribution in [0.4, 0.5) is 0 Å². The molecule has 0 spiro atoms. The summed E-state index contributed by atoms with van der Waals surface area (Å²) in [5.41, 5.74) is 3.97. The van der Waals surface area contributed by atoms with Crippen LogP contribution in [0.3, 0.4) is 0 Å². The molecular weight excluding hydrogens is 392 g/mol. The number of aromatic hydroxyl groups is 2. The average Bonchev–Trinajstić information content (AvgIpc) is 2.72. The Morgan fingerprint density at radius 1 is 1.13 bits per heavy atom. The molecule has 0 amide bonds. The highest BCUT2D eigenvalue weighted by molar-refractivity contribution is 6.03. The number of ketones is 1. The van der Waals surface area contributed by atoms with E-state index < -0.39 is 6.10 Å². The second kappa shape index (κ2) is 9.73. The van der Waals surface area contributed by atoms with E-state index in [0.29, 0.717) is 12.0 Å². The Hall–Kier alpha value is -3.21. The van der Waals surface area contributed by atoms with Crippen molar-refractivity contribution in [3.8, 4) is 23.0 Å². The number of hydrogen-bond donors (Lipinski definition) is 2. The molecule has 3 rings (SSSR count). The van der Waals surface area contributed by atoms with Crippen molar-refractivity contribution in [3.63, 3.8) is 0 Å². The molecule has 1 atom stereocenters. The van der Waals surface area contributed by atoms with Gasteiger partial charge in [-0.2, -0.15) is 0 Å². The minimum Gasteiger partial charge on any atom is -0.507 e. The first kappa shape index (κ1) is 22.5. The molecule has 0 aliphatic carbocycles. The summed E-state index contributed by atoms with van der Waals surface area (Å²) < 4.78 is 11.4. The number of hydrogen-bond acceptors (Lipinski definition) is 5. The zero-order chi connectivity index (χ0) is 22.5. The van der Waals surface area contributed by atoms with E-state index in [-0.39, 0.29) is 35.0 Å². The molecular formula is C26H30O5. The SMILES string of the molecule is COc1ccc([C@@H]2CC(=O)c3c(O)cc(O)c(C/C=C(\C)CCC=C(C)C)c3O2)cc1. The van der Waals surface area contributed by atoms with Gasteiger partial charge in [0.05, 0.1) is 13.5 Å². The van der Waals surface area contributed by atoms with E-state index in [4.69, 9.17) is 9.47 Å². The van der Waals surface area contributed by atoms with Crippen molar-refractivity contribution in [1.29, 1.82) is 0 Å². The lowest BCUT2D eigenvalue weighted by Gasteiger charge is -2.28. The van der Waals surface area contributed by atoms with Gasteiger partial charge in [0, 0.05) is 11.6 Å². The number of carbonyl (C=O) groups excluding carboxylic acids is 1. The van der Waals surface area contributed by atoms with E-state index in [1.165, 1.54) is 17.2 Å². The first-order valence-electron chi connectivity index (χ1n) is 10.5. The van der Waals surface area contributed by atoms with Gasteiger partial charge in [-0.1, -0.05) is 35.4 Å². The van der Waals surface area contributed by atoms with Gasteiger partial charge >= 0.3 is 0 Å². The molecule has 1 aliphatic heterocycles. The number of phenols is 2. The fraction of sp³-hybridized carbons (Fsp3) is 0.346. The van der Waals surface area contributed by atoms with Crippen molar-refractivity contribution in [2.75, 3.05) is 7.11 Å². The summed E-state index contributed by atoms with van der Waals surface area (Å²) in [7, 11) is 1.60. The lowest BCUT2D eigenvalue weighted by molar-refractivity contribution is 0.0842. The molecule has 164 valence electrons. The van der Waals surface area contributed by atoms with E-state index in [1.54, 1.807) is 7.11 Å². The standard InChI is InChI=1S/C26H30O5/c1-16(2)6-5-7-17(3)8-13-20-21(27)14-22(28)25-23(29)15-24(31-26(20)25)18-9-11-19(30-4)12-10-18/h6,8-12,14,24,27-28H,5,7,13,15H2,1-4H3/b17-8+/t24-/m0/s1. The van der Waals surface area contributed by atoms with Crippen molar-refractivity contribution < 1.29 is 24.5 Å². The summed E-state index contributed by atoms with van der Waals surface area (Å²) >= 11 is 0. The minimum absolute atomic E-state index is 0.0761. The third-order valence-electron chi connectivity index (χ3n) is 5.48. The van der Waals surface area contributed by atoms with Gasteiger partial charge in [0.25, 0.3) is 0 Å². The molecule has 5 nitrogen and oxygen atoms in total. The van der Waals surface area contributed by atoms with Crippen LogP contribution in [0.5, 0.6) is 23.0 Å². The van der Waals surface area contributed by atoms with Crippen LogP contribution in [-0.2, 0) is 6.42 Å². The summed E-state index contributed by atoms with van der Waals surface area (Å²) in [4.78, 5) is 12.9. The fourth-order valence-corrected chi connectivity index (χ4v) is 3.69. The van der Waals surface area contributed by atoms with Gasteiger partial charge in [-0.25, -0.2) is 0 Å². The Morgan fingerprint density at radius 2 is 1.84 bits per heavy atom. The van der Waals surface area contributed by atoms with E-state index in [1.807, 2.05) is 30.3 Å². The maximum absolute atomic E-state index is 12.9. The molecule has 5 heteroatoms. The van der Waals surface area contributed by atoms with Crippen LogP contribution in [-0.4, -0.2) is 23.1 Å². The van der Waals surface area contributed by atoms with E-state index >= 15 is 0 Å². The van der Waals surface area contributed by atoms with Crippen LogP contribution >= 0.6 is 0 Å². The molecule has 31 heavy (non-hydrogen) atoms. The van der Waals surface area contributed by atoms with Gasteiger partial charge < -0.3 is 19.7 Å². The Balaban J connectivity index is 1.90. The van der Waals surface area contributed by atoms with Crippen molar-refractivity contribution in [2.45, 2.75) is 52.6 Å². The summed E-state index contributed by atoms with van der Waals surface area (Å²) in [6.07, 6.45) is 6.15. The van der Waals surface area contributed by atoms with Crippen LogP contribution in [0.25, 0.3) is 0 Å². The smallest absolute Gasteiger partial charge is 0.174 e. The number of phenolic OH excluding ortho intramolecular Hbond substituents is 2. The number of allylic oxidation sites excluding steroid dienone is 4. The minimum atomic E-state index is -0.492. The zero-order valence-electron chi connectivity index (χ0n) is 18.6. The van der Waals surface area contributed by atoms with Crippen LogP contribution in [0.2, 0.25) is 0 Å². The molecule has 0 unspecified atom stereocenters. The van der Waals surface area contributed by atoms with Gasteiger partial charge in [0.15, 0.2) is 5.78 Å². The summed E-state index contributed by atoms with van der Waals surface area (Å²) in [6.45, 7) is 6.20. The van der Waals surface area contributed by atoms with Crippen molar-refractivity contribution in [3.05, 3.63) is 70.3 Å². The number of rotatable bonds is 7. The van der Waals surface area contributed by atoms with Crippen LogP contribution < -0.4 is 9.47 Å². The van der Waals surface area contributed by atoms with Crippen molar-refractivity contribution in [2.24, 2.45) is 0 Å². The van der Waals surface area contributed by atoms with Gasteiger partial charge in [-0.3, -0.25) is 4.79 Å². The third kappa shape index (κ3) is 5.29. The van der Waals surface area contributed by atoms with Gasteiger partial charge in [0.1, 0.15) is 34.7 Å². The summed E-state index contributed by atoms with van der Waals surface area (Å²) in [6, 6.07) is 8.58. The monoisotopic (exact) mass is 422 g/mol. The number of Topliss-reactive ketones (excluding diaryl/α,β-unsaturated/α-hetero) is 1. The second-order valence-corrected chi connectivity index (χ2v) is 8.18. The quantitative estimate of drug-likeness (QED) is 0.531. The average molecular weight is 423 g/mol. The van der Waals surface area contributed by atoms with E-state index in [0.717, 1.165) is 24.2 Å². The molecule has 2 aromatic rings. The lowest BCUT2D eigenvalue weighted by atomic mass is 9.92. The van der Waals surface area contributed by atoms with Crippen molar-refractivity contribution >= 4 is 5.78 Å². The lowest BCUT2D eigenvalue weighted by Crippen LogP contribution is -2.21. The molecule has 2 N–H and O–H groups in total. The Kier molecular flexibility index (Phi) is 7.06. The Labute approximate surface area is 183 Å². The molecule has 0 saturated heterocycles. The van der Waals surface area contributed by atoms with Crippen LogP contribution in [0.15, 0.2) is 53.6 Å². The third-order valence-corrected chi connectivity index (χ3v) is 5.48. The molecule has 0 saturated carbocycles. The largest absolute Gasteiger partial charge is 0.507 e. The number of ether oxygens (including phenoxy) is 2. The molecule has 0 bridgehead atoms. The number of carbonyl (C=O) groups is 1. The zero-order valence-corrected chi connectivity index (χ0v) is 18.6. The van der Waals surface area contributed by atoms with Gasteiger partial charge in [0.2, 0.25) is 0 Å². The molecule has 0 aromatic heterocycles. The van der Waals surface area contributed by atoms with Gasteiger partial charge in [-0.15, -0.1) is 0 Å². The maximum atomic E-state index is 12.9. The highest BCUT2D eigenvalue weighted by atomic mass is 16.5. The summed E-state index contributed by atoms with van der Waals surface area (Å²) in [5.74, 6) is 0.454. The topological polar surface area (TPSA) is 76.0 Å². The second-order valence-electron chi connectivity index (χ2n) is 8.18. The fourth-order valence-electron chi connectivity index (χ4n) is 3.69. The van der Waals surface area contributed by atoms with E-state index in [9.17, 15) is 15.0 Å². The summed E-state index contributed by atoms with van der Waals surface area (Å²) in [5, 5.41) is 20.8. The highest BCUT2D eigenvalue weighted by Gasteiger charge is 2.33. The van der Waals surface area contributed by atoms with Crippen LogP contribution in [0, 0.1) is 0 Å². The van der Waals surface area contributed by atoms with Crippen LogP contribution in [0.1, 0.15) is 67.6 Å². The normalized spacial score (nSPS) is 15.8. The molecule has 0 radical (unpaired) electrons. The maximum Gasteiger partial charge on any atom is 0.174 e. The molecule has 2 aromatic carbocycles. The van der Waals surface area contributed by atoms with E-state index in [2.05, 4.69) is 26.8 Å². The highest BCUT2D eigenvalue weighted by Crippen LogP contribution is 2.45. The number of benzene rings is 2. The number of methoxy groups -OCH3 is 1. The predicted molar refractivity (Wildman–Crippen MR) is 121 cm³/mol. The van der Waals surface area contributed by atoms with Gasteiger partial charge in [-0.05, 0) is 57.7 Å². The number of fused-ring (bicyclic) bond motifs is 1.